The van der Waals surface area contributed by atoms with Gasteiger partial charge < -0.3 is 9.64 Å². The summed E-state index contributed by atoms with van der Waals surface area (Å²) in [5.74, 6) is 0.0975. The number of aryl methyl sites for hydroxylation is 1. The molecule has 1 aliphatic carbocycles. The van der Waals surface area contributed by atoms with Crippen LogP contribution < -0.4 is 0 Å². The molecule has 3 rings (SSSR count). The van der Waals surface area contributed by atoms with Gasteiger partial charge in [0.05, 0.1) is 17.9 Å². The second kappa shape index (κ2) is 5.44. The Balaban J connectivity index is 1.95. The number of rotatable bonds is 3. The van der Waals surface area contributed by atoms with Crippen molar-refractivity contribution < 1.29 is 9.53 Å². The molecule has 1 aromatic rings. The number of aromatic nitrogens is 2. The maximum Gasteiger partial charge on any atom is 0.274 e. The lowest BCUT2D eigenvalue weighted by Gasteiger charge is -2.36. The number of ether oxygens (including phenoxy) is 1. The Bertz CT molecular complexity index is 548. The van der Waals surface area contributed by atoms with E-state index < -0.39 is 0 Å². The van der Waals surface area contributed by atoms with Gasteiger partial charge in [0.15, 0.2) is 5.69 Å². The van der Waals surface area contributed by atoms with Crippen LogP contribution in [-0.2, 0) is 18.2 Å². The Morgan fingerprint density at radius 1 is 1.43 bits per heavy atom. The molecule has 5 nitrogen and oxygen atoms in total. The lowest BCUT2D eigenvalue weighted by atomic mass is 9.90. The highest BCUT2D eigenvalue weighted by atomic mass is 16.5. The third-order valence-corrected chi connectivity index (χ3v) is 4.83. The molecule has 5 heteroatoms. The fraction of sp³-hybridized carbons (Fsp3) is 0.750. The first-order valence-electron chi connectivity index (χ1n) is 8.05. The highest BCUT2D eigenvalue weighted by Gasteiger charge is 2.35. The van der Waals surface area contributed by atoms with Gasteiger partial charge in [0.1, 0.15) is 0 Å². The van der Waals surface area contributed by atoms with Crippen molar-refractivity contribution in [1.29, 1.82) is 0 Å². The maximum absolute atomic E-state index is 12.9. The van der Waals surface area contributed by atoms with Crippen LogP contribution >= 0.6 is 0 Å². The Kier molecular flexibility index (Phi) is 3.78. The molecule has 2 heterocycles. The van der Waals surface area contributed by atoms with Crippen LogP contribution in [0.3, 0.4) is 0 Å². The molecule has 0 unspecified atom stereocenters. The van der Waals surface area contributed by atoms with Crippen LogP contribution in [0.2, 0.25) is 0 Å². The van der Waals surface area contributed by atoms with Crippen LogP contribution in [-0.4, -0.2) is 39.3 Å². The van der Waals surface area contributed by atoms with Gasteiger partial charge in [-0.15, -0.1) is 0 Å². The van der Waals surface area contributed by atoms with Gasteiger partial charge in [0.25, 0.3) is 5.91 Å². The third kappa shape index (κ3) is 2.37. The highest BCUT2D eigenvalue weighted by Crippen LogP contribution is 2.33. The van der Waals surface area contributed by atoms with Crippen molar-refractivity contribution in [2.45, 2.75) is 64.7 Å². The summed E-state index contributed by atoms with van der Waals surface area (Å²) in [6.07, 6.45) is 4.41. The van der Waals surface area contributed by atoms with Crippen molar-refractivity contribution >= 4 is 5.91 Å². The number of carbonyl (C=O) groups is 1. The predicted octanol–water partition coefficient (Wildman–Crippen LogP) is 2.46. The van der Waals surface area contributed by atoms with E-state index in [9.17, 15) is 4.79 Å². The largest absolute Gasteiger partial charge is 0.369 e. The maximum atomic E-state index is 12.9. The number of carbonyl (C=O) groups excluding carboxylic acids is 1. The quantitative estimate of drug-likeness (QED) is 0.859. The van der Waals surface area contributed by atoms with Crippen molar-refractivity contribution in [3.05, 3.63) is 17.0 Å². The summed E-state index contributed by atoms with van der Waals surface area (Å²) in [6.45, 7) is 6.91. The van der Waals surface area contributed by atoms with E-state index in [1.54, 1.807) is 0 Å². The van der Waals surface area contributed by atoms with Crippen LogP contribution in [0.25, 0.3) is 0 Å². The first-order chi connectivity index (χ1) is 10.0. The summed E-state index contributed by atoms with van der Waals surface area (Å²) in [6, 6.07) is 0.412. The normalized spacial score (nSPS) is 25.3. The number of fused-ring (bicyclic) bond motifs is 1. The van der Waals surface area contributed by atoms with Gasteiger partial charge in [-0.2, -0.15) is 5.10 Å². The summed E-state index contributed by atoms with van der Waals surface area (Å²) < 4.78 is 7.69. The topological polar surface area (TPSA) is 47.4 Å². The van der Waals surface area contributed by atoms with Gasteiger partial charge in [0, 0.05) is 31.6 Å². The van der Waals surface area contributed by atoms with E-state index in [-0.39, 0.29) is 18.1 Å². The molecule has 116 valence electrons. The standard InChI is InChI=1S/C16H25N3O2/c1-5-19(12-7-6-8-12)16(20)14-13-9-10(2)21-11(3)15(13)18(4)17-14/h10-12H,5-9H2,1-4H3/t10-,11+/m0/s1. The van der Waals surface area contributed by atoms with Crippen molar-refractivity contribution in [2.24, 2.45) is 7.05 Å². The van der Waals surface area contributed by atoms with Gasteiger partial charge in [-0.05, 0) is 40.0 Å². The molecule has 0 N–H and O–H groups in total. The van der Waals surface area contributed by atoms with E-state index in [0.29, 0.717) is 11.7 Å². The van der Waals surface area contributed by atoms with Gasteiger partial charge in [-0.25, -0.2) is 0 Å². The van der Waals surface area contributed by atoms with Crippen LogP contribution in [0.1, 0.15) is 67.9 Å². The van der Waals surface area contributed by atoms with Crippen LogP contribution in [0.4, 0.5) is 0 Å². The van der Waals surface area contributed by atoms with Crippen molar-refractivity contribution in [3.8, 4) is 0 Å². The van der Waals surface area contributed by atoms with Gasteiger partial charge in [0.2, 0.25) is 0 Å². The third-order valence-electron chi connectivity index (χ3n) is 4.83. The Morgan fingerprint density at radius 3 is 2.71 bits per heavy atom. The second-order valence-corrected chi connectivity index (χ2v) is 6.30. The summed E-state index contributed by atoms with van der Waals surface area (Å²) in [7, 11) is 1.91. The van der Waals surface area contributed by atoms with Crippen molar-refractivity contribution in [3.63, 3.8) is 0 Å². The van der Waals surface area contributed by atoms with Gasteiger partial charge in [-0.1, -0.05) is 0 Å². The van der Waals surface area contributed by atoms with Gasteiger partial charge >= 0.3 is 0 Å². The Morgan fingerprint density at radius 2 is 2.14 bits per heavy atom. The zero-order valence-corrected chi connectivity index (χ0v) is 13.4. The number of hydrogen-bond donors (Lipinski definition) is 0. The molecule has 1 aliphatic heterocycles. The first kappa shape index (κ1) is 14.6. The van der Waals surface area contributed by atoms with Crippen molar-refractivity contribution in [2.75, 3.05) is 6.54 Å². The molecule has 1 fully saturated rings. The molecule has 0 spiro atoms. The fourth-order valence-corrected chi connectivity index (χ4v) is 3.61. The van der Waals surface area contributed by atoms with Crippen LogP contribution in [0.15, 0.2) is 0 Å². The lowest BCUT2D eigenvalue weighted by Crippen LogP contribution is -2.44. The summed E-state index contributed by atoms with van der Waals surface area (Å²) in [5.41, 5.74) is 2.79. The molecule has 1 saturated carbocycles. The molecule has 2 aliphatic rings. The SMILES string of the molecule is CCN(C(=O)c1nn(C)c2c1C[C@H](C)O[C@@H]2C)C1CCC1. The van der Waals surface area contributed by atoms with E-state index in [2.05, 4.69) is 18.9 Å². The van der Waals surface area contributed by atoms with Crippen molar-refractivity contribution in [1.82, 2.24) is 14.7 Å². The lowest BCUT2D eigenvalue weighted by molar-refractivity contribution is -0.00909. The smallest absolute Gasteiger partial charge is 0.274 e. The molecule has 0 bridgehead atoms. The number of nitrogens with zero attached hydrogens (tertiary/aromatic N) is 3. The minimum Gasteiger partial charge on any atom is -0.369 e. The summed E-state index contributed by atoms with van der Waals surface area (Å²) in [5, 5.41) is 4.53. The van der Waals surface area contributed by atoms with Crippen LogP contribution in [0.5, 0.6) is 0 Å². The highest BCUT2D eigenvalue weighted by molar-refractivity contribution is 5.94. The zero-order chi connectivity index (χ0) is 15.1. The van der Waals surface area contributed by atoms with Gasteiger partial charge in [-0.3, -0.25) is 9.48 Å². The average Bonchev–Trinajstić information content (AvgIpc) is 2.70. The number of amides is 1. The fourth-order valence-electron chi connectivity index (χ4n) is 3.61. The molecule has 0 saturated heterocycles. The van der Waals surface area contributed by atoms with E-state index in [4.69, 9.17) is 4.74 Å². The summed E-state index contributed by atoms with van der Waals surface area (Å²) >= 11 is 0. The van der Waals surface area contributed by atoms with Crippen LogP contribution in [0, 0.1) is 0 Å². The van der Waals surface area contributed by atoms with E-state index >= 15 is 0 Å². The van der Waals surface area contributed by atoms with E-state index in [1.807, 2.05) is 23.6 Å². The monoisotopic (exact) mass is 291 g/mol. The minimum absolute atomic E-state index is 0.00146. The molecular weight excluding hydrogens is 266 g/mol. The predicted molar refractivity (Wildman–Crippen MR) is 80.2 cm³/mol. The zero-order valence-electron chi connectivity index (χ0n) is 13.4. The molecule has 0 radical (unpaired) electrons. The van der Waals surface area contributed by atoms with E-state index in [0.717, 1.165) is 37.1 Å². The molecule has 21 heavy (non-hydrogen) atoms. The second-order valence-electron chi connectivity index (χ2n) is 6.30. The molecule has 1 amide bonds. The Labute approximate surface area is 126 Å². The molecule has 0 aromatic carbocycles. The number of hydrogen-bond acceptors (Lipinski definition) is 3. The molecule has 1 aromatic heterocycles. The first-order valence-corrected chi connectivity index (χ1v) is 8.05. The summed E-state index contributed by atoms with van der Waals surface area (Å²) in [4.78, 5) is 14.9. The Hall–Kier alpha value is -1.36. The molecular formula is C16H25N3O2. The van der Waals surface area contributed by atoms with E-state index in [1.165, 1.54) is 6.42 Å². The average molecular weight is 291 g/mol. The molecule has 2 atom stereocenters. The minimum atomic E-state index is 0.00146.